The molecular weight excluding hydrogens is 350 g/mol. The monoisotopic (exact) mass is 379 g/mol. The zero-order valence-electron chi connectivity index (χ0n) is 16.3. The van der Waals surface area contributed by atoms with Crippen LogP contribution in [0.1, 0.15) is 55.6 Å². The molecule has 0 heterocycles. The van der Waals surface area contributed by atoms with Gasteiger partial charge in [-0.2, -0.15) is 0 Å². The first-order valence-corrected chi connectivity index (χ1v) is 10.5. The Kier molecular flexibility index (Phi) is 5.96. The standard InChI is InChI=1S/C24H29NO3/c26-15-18(14-17-8-2-1-3-9-17)25-24(27)28-16-23-21-12-6-4-10-19(21)20-11-5-7-13-22(20)23/h4-7,10-13,17-18,23,26H,1-3,8-9,14-16H2,(H,25,27)/t18-/m0/s1. The van der Waals surface area contributed by atoms with Gasteiger partial charge in [0.1, 0.15) is 6.61 Å². The van der Waals surface area contributed by atoms with Gasteiger partial charge in [0.25, 0.3) is 0 Å². The van der Waals surface area contributed by atoms with Crippen molar-refractivity contribution in [1.29, 1.82) is 0 Å². The summed E-state index contributed by atoms with van der Waals surface area (Å²) in [5.74, 6) is 0.656. The largest absolute Gasteiger partial charge is 0.449 e. The maximum Gasteiger partial charge on any atom is 0.407 e. The van der Waals surface area contributed by atoms with E-state index in [4.69, 9.17) is 4.74 Å². The third-order valence-corrected chi connectivity index (χ3v) is 6.23. The molecule has 4 nitrogen and oxygen atoms in total. The van der Waals surface area contributed by atoms with Crippen LogP contribution in [0.4, 0.5) is 4.79 Å². The minimum atomic E-state index is -0.434. The molecule has 2 aliphatic rings. The van der Waals surface area contributed by atoms with E-state index in [0.29, 0.717) is 12.5 Å². The summed E-state index contributed by atoms with van der Waals surface area (Å²) in [7, 11) is 0. The van der Waals surface area contributed by atoms with Gasteiger partial charge in [0.05, 0.1) is 12.6 Å². The highest BCUT2D eigenvalue weighted by molar-refractivity contribution is 5.79. The molecule has 1 atom stereocenters. The number of alkyl carbamates (subject to hydrolysis) is 1. The van der Waals surface area contributed by atoms with Crippen LogP contribution in [0.25, 0.3) is 11.1 Å². The minimum absolute atomic E-state index is 0.0410. The van der Waals surface area contributed by atoms with Gasteiger partial charge < -0.3 is 15.2 Å². The van der Waals surface area contributed by atoms with Gasteiger partial charge in [-0.05, 0) is 34.6 Å². The Morgan fingerprint density at radius 3 is 2.21 bits per heavy atom. The van der Waals surface area contributed by atoms with Gasteiger partial charge in [-0.3, -0.25) is 0 Å². The fourth-order valence-electron chi connectivity index (χ4n) is 4.81. The van der Waals surface area contributed by atoms with E-state index in [1.54, 1.807) is 0 Å². The zero-order chi connectivity index (χ0) is 19.3. The predicted molar refractivity (Wildman–Crippen MR) is 110 cm³/mol. The molecule has 2 aromatic carbocycles. The van der Waals surface area contributed by atoms with Crippen LogP contribution in [-0.2, 0) is 4.74 Å². The molecule has 0 radical (unpaired) electrons. The molecule has 28 heavy (non-hydrogen) atoms. The summed E-state index contributed by atoms with van der Waals surface area (Å²) in [4.78, 5) is 12.4. The minimum Gasteiger partial charge on any atom is -0.449 e. The van der Waals surface area contributed by atoms with Crippen LogP contribution in [0.3, 0.4) is 0 Å². The molecule has 2 N–H and O–H groups in total. The fourth-order valence-corrected chi connectivity index (χ4v) is 4.81. The van der Waals surface area contributed by atoms with Gasteiger partial charge in [-0.15, -0.1) is 0 Å². The molecule has 0 aliphatic heterocycles. The molecule has 2 aromatic rings. The second kappa shape index (κ2) is 8.78. The Labute approximate surface area is 166 Å². The number of rotatable bonds is 6. The van der Waals surface area contributed by atoms with Gasteiger partial charge in [0, 0.05) is 5.92 Å². The number of nitrogens with one attached hydrogen (secondary N) is 1. The van der Waals surface area contributed by atoms with Crippen molar-refractivity contribution in [1.82, 2.24) is 5.32 Å². The maximum absolute atomic E-state index is 12.4. The Hall–Kier alpha value is -2.33. The molecule has 1 saturated carbocycles. The Balaban J connectivity index is 1.36. The quantitative estimate of drug-likeness (QED) is 0.754. The number of hydrogen-bond donors (Lipinski definition) is 2. The molecule has 1 amide bonds. The van der Waals surface area contributed by atoms with Gasteiger partial charge in [-0.1, -0.05) is 80.6 Å². The highest BCUT2D eigenvalue weighted by atomic mass is 16.5. The third kappa shape index (κ3) is 4.07. The molecule has 0 saturated heterocycles. The number of ether oxygens (including phenoxy) is 1. The summed E-state index contributed by atoms with van der Waals surface area (Å²) >= 11 is 0. The number of carbonyl (C=O) groups excluding carboxylic acids is 1. The number of hydrogen-bond acceptors (Lipinski definition) is 3. The SMILES string of the molecule is O=C(N[C@H](CO)CC1CCCCC1)OCC1c2ccccc2-c2ccccc21. The highest BCUT2D eigenvalue weighted by Crippen LogP contribution is 2.44. The molecule has 1 fully saturated rings. The van der Waals surface area contributed by atoms with Crippen molar-refractivity contribution in [2.45, 2.75) is 50.5 Å². The lowest BCUT2D eigenvalue weighted by Gasteiger charge is -2.26. The van der Waals surface area contributed by atoms with E-state index in [9.17, 15) is 9.90 Å². The van der Waals surface area contributed by atoms with E-state index in [-0.39, 0.29) is 18.6 Å². The van der Waals surface area contributed by atoms with Gasteiger partial charge in [0.15, 0.2) is 0 Å². The molecule has 148 valence electrons. The van der Waals surface area contributed by atoms with E-state index in [2.05, 4.69) is 29.6 Å². The second-order valence-electron chi connectivity index (χ2n) is 8.09. The van der Waals surface area contributed by atoms with Crippen LogP contribution in [-0.4, -0.2) is 30.5 Å². The zero-order valence-corrected chi connectivity index (χ0v) is 16.3. The lowest BCUT2D eigenvalue weighted by Crippen LogP contribution is -2.39. The van der Waals surface area contributed by atoms with E-state index in [0.717, 1.165) is 6.42 Å². The normalized spacial score (nSPS) is 17.6. The number of amides is 1. The topological polar surface area (TPSA) is 58.6 Å². The summed E-state index contributed by atoms with van der Waals surface area (Å²) in [5.41, 5.74) is 4.85. The lowest BCUT2D eigenvalue weighted by atomic mass is 9.85. The van der Waals surface area contributed by atoms with Crippen molar-refractivity contribution >= 4 is 6.09 Å². The summed E-state index contributed by atoms with van der Waals surface area (Å²) in [6.45, 7) is 0.266. The molecule has 2 aliphatic carbocycles. The van der Waals surface area contributed by atoms with Crippen molar-refractivity contribution in [2.75, 3.05) is 13.2 Å². The van der Waals surface area contributed by atoms with Crippen molar-refractivity contribution in [3.05, 3.63) is 59.7 Å². The number of benzene rings is 2. The molecule has 0 aromatic heterocycles. The first-order chi connectivity index (χ1) is 13.8. The van der Waals surface area contributed by atoms with Gasteiger partial charge >= 0.3 is 6.09 Å². The Morgan fingerprint density at radius 2 is 1.61 bits per heavy atom. The first kappa shape index (κ1) is 19.0. The fraction of sp³-hybridized carbons (Fsp3) is 0.458. The van der Waals surface area contributed by atoms with Crippen LogP contribution >= 0.6 is 0 Å². The Bertz CT molecular complexity index is 768. The van der Waals surface area contributed by atoms with Crippen molar-refractivity contribution in [3.8, 4) is 11.1 Å². The average molecular weight is 380 g/mol. The van der Waals surface area contributed by atoms with Crippen molar-refractivity contribution < 1.29 is 14.6 Å². The maximum atomic E-state index is 12.4. The molecule has 0 bridgehead atoms. The van der Waals surface area contributed by atoms with Crippen LogP contribution in [0.5, 0.6) is 0 Å². The van der Waals surface area contributed by atoms with E-state index >= 15 is 0 Å². The number of carbonyl (C=O) groups is 1. The molecule has 0 spiro atoms. The number of aliphatic hydroxyl groups excluding tert-OH is 1. The number of fused-ring (bicyclic) bond motifs is 3. The molecular formula is C24H29NO3. The summed E-state index contributed by atoms with van der Waals surface area (Å²) in [6.07, 6.45) is 6.62. The second-order valence-corrected chi connectivity index (χ2v) is 8.09. The molecule has 0 unspecified atom stereocenters. The predicted octanol–water partition coefficient (Wildman–Crippen LogP) is 4.86. The van der Waals surface area contributed by atoms with Crippen molar-refractivity contribution in [3.63, 3.8) is 0 Å². The smallest absolute Gasteiger partial charge is 0.407 e. The average Bonchev–Trinajstić information content (AvgIpc) is 3.06. The molecule has 4 heteroatoms. The molecule has 4 rings (SSSR count). The first-order valence-electron chi connectivity index (χ1n) is 10.5. The summed E-state index contributed by atoms with van der Waals surface area (Å²) in [6, 6.07) is 16.4. The number of aliphatic hydroxyl groups is 1. The van der Waals surface area contributed by atoms with E-state index < -0.39 is 6.09 Å². The van der Waals surface area contributed by atoms with Crippen LogP contribution in [0.15, 0.2) is 48.5 Å². The Morgan fingerprint density at radius 1 is 1.00 bits per heavy atom. The van der Waals surface area contributed by atoms with Crippen LogP contribution in [0, 0.1) is 5.92 Å². The summed E-state index contributed by atoms with van der Waals surface area (Å²) < 4.78 is 5.60. The highest BCUT2D eigenvalue weighted by Gasteiger charge is 2.29. The van der Waals surface area contributed by atoms with Crippen LogP contribution < -0.4 is 5.32 Å². The van der Waals surface area contributed by atoms with E-state index in [1.165, 1.54) is 54.4 Å². The lowest BCUT2D eigenvalue weighted by molar-refractivity contribution is 0.127. The van der Waals surface area contributed by atoms with E-state index in [1.807, 2.05) is 24.3 Å². The van der Waals surface area contributed by atoms with Gasteiger partial charge in [-0.25, -0.2) is 4.79 Å². The summed E-state index contributed by atoms with van der Waals surface area (Å²) in [5, 5.41) is 12.6. The van der Waals surface area contributed by atoms with Crippen LogP contribution in [0.2, 0.25) is 0 Å². The van der Waals surface area contributed by atoms with Crippen molar-refractivity contribution in [2.24, 2.45) is 5.92 Å². The van der Waals surface area contributed by atoms with Gasteiger partial charge in [0.2, 0.25) is 0 Å². The third-order valence-electron chi connectivity index (χ3n) is 6.23.